The Morgan fingerprint density at radius 2 is 1.83 bits per heavy atom. The maximum Gasteiger partial charge on any atom is 0.220 e. The summed E-state index contributed by atoms with van der Waals surface area (Å²) in [6.45, 7) is 3.21. The van der Waals surface area contributed by atoms with Crippen LogP contribution in [0, 0.1) is 6.92 Å². The first kappa shape index (κ1) is 19.6. The molecule has 4 aromatic rings. The standard InChI is InChI=1S/C23H23N5O2/c1-17-2-8-20(9-3-17)21-13-26-23(30-21)11-10-22(29)25-12-18-4-6-19(7-5-18)14-28-16-24-15-27-28/h2-9,13,15-16H,10-12,14H2,1H3,(H,25,29). The van der Waals surface area contributed by atoms with Crippen LogP contribution in [0.4, 0.5) is 0 Å². The van der Waals surface area contributed by atoms with Crippen molar-refractivity contribution in [2.75, 3.05) is 0 Å². The molecule has 152 valence electrons. The van der Waals surface area contributed by atoms with E-state index in [1.165, 1.54) is 11.9 Å². The van der Waals surface area contributed by atoms with Gasteiger partial charge < -0.3 is 9.73 Å². The first-order valence-electron chi connectivity index (χ1n) is 9.84. The van der Waals surface area contributed by atoms with Crippen molar-refractivity contribution in [3.05, 3.63) is 90.0 Å². The molecule has 4 rings (SSSR count). The first-order valence-corrected chi connectivity index (χ1v) is 9.84. The summed E-state index contributed by atoms with van der Waals surface area (Å²) in [6.07, 6.45) is 5.71. The third-order valence-electron chi connectivity index (χ3n) is 4.78. The predicted molar refractivity (Wildman–Crippen MR) is 112 cm³/mol. The number of hydrogen-bond acceptors (Lipinski definition) is 5. The number of nitrogens with zero attached hydrogens (tertiary/aromatic N) is 4. The number of benzene rings is 2. The molecule has 1 amide bonds. The van der Waals surface area contributed by atoms with Crippen LogP contribution in [-0.2, 0) is 24.3 Å². The second-order valence-corrected chi connectivity index (χ2v) is 7.17. The highest BCUT2D eigenvalue weighted by atomic mass is 16.4. The highest BCUT2D eigenvalue weighted by Crippen LogP contribution is 2.21. The predicted octanol–water partition coefficient (Wildman–Crippen LogP) is 3.54. The molecule has 0 bridgehead atoms. The van der Waals surface area contributed by atoms with E-state index in [0.717, 1.165) is 22.5 Å². The zero-order chi connectivity index (χ0) is 20.8. The number of amides is 1. The number of aryl methyl sites for hydroxylation is 2. The molecule has 0 radical (unpaired) electrons. The second kappa shape index (κ2) is 9.17. The van der Waals surface area contributed by atoms with E-state index in [0.29, 0.717) is 31.8 Å². The van der Waals surface area contributed by atoms with Gasteiger partial charge in [0.2, 0.25) is 5.91 Å². The molecule has 2 heterocycles. The van der Waals surface area contributed by atoms with Crippen LogP contribution in [0.2, 0.25) is 0 Å². The molecule has 0 saturated heterocycles. The van der Waals surface area contributed by atoms with Crippen LogP contribution >= 0.6 is 0 Å². The van der Waals surface area contributed by atoms with Crippen molar-refractivity contribution >= 4 is 5.91 Å². The maximum absolute atomic E-state index is 12.2. The van der Waals surface area contributed by atoms with Crippen molar-refractivity contribution in [1.82, 2.24) is 25.1 Å². The monoisotopic (exact) mass is 401 g/mol. The summed E-state index contributed by atoms with van der Waals surface area (Å²) in [4.78, 5) is 20.4. The minimum atomic E-state index is -0.0308. The van der Waals surface area contributed by atoms with E-state index in [9.17, 15) is 4.79 Å². The molecule has 0 saturated carbocycles. The van der Waals surface area contributed by atoms with Crippen LogP contribution in [0.5, 0.6) is 0 Å². The number of oxazole rings is 1. The van der Waals surface area contributed by atoms with E-state index in [1.54, 1.807) is 17.2 Å². The largest absolute Gasteiger partial charge is 0.441 e. The third kappa shape index (κ3) is 5.20. The van der Waals surface area contributed by atoms with E-state index in [1.807, 2.05) is 55.5 Å². The Balaban J connectivity index is 1.23. The summed E-state index contributed by atoms with van der Waals surface area (Å²) >= 11 is 0. The zero-order valence-electron chi connectivity index (χ0n) is 16.8. The first-order chi connectivity index (χ1) is 14.7. The molecule has 0 aliphatic carbocycles. The molecule has 2 aromatic heterocycles. The molecular formula is C23H23N5O2. The second-order valence-electron chi connectivity index (χ2n) is 7.17. The molecular weight excluding hydrogens is 378 g/mol. The van der Waals surface area contributed by atoms with Gasteiger partial charge >= 0.3 is 0 Å². The lowest BCUT2D eigenvalue weighted by Crippen LogP contribution is -2.23. The Bertz CT molecular complexity index is 1080. The number of hydrogen-bond donors (Lipinski definition) is 1. The molecule has 30 heavy (non-hydrogen) atoms. The molecule has 0 spiro atoms. The third-order valence-corrected chi connectivity index (χ3v) is 4.78. The Kier molecular flexibility index (Phi) is 5.98. The van der Waals surface area contributed by atoms with Gasteiger partial charge in [-0.25, -0.2) is 14.6 Å². The fraction of sp³-hybridized carbons (Fsp3) is 0.217. The molecule has 0 atom stereocenters. The van der Waals surface area contributed by atoms with Gasteiger partial charge in [-0.1, -0.05) is 54.1 Å². The number of rotatable bonds is 8. The van der Waals surface area contributed by atoms with E-state index >= 15 is 0 Å². The molecule has 1 N–H and O–H groups in total. The minimum absolute atomic E-state index is 0.0308. The number of nitrogens with one attached hydrogen (secondary N) is 1. The number of aromatic nitrogens is 4. The van der Waals surface area contributed by atoms with Crippen molar-refractivity contribution in [2.45, 2.75) is 32.9 Å². The molecule has 0 unspecified atom stereocenters. The Labute approximate surface area is 174 Å². The SMILES string of the molecule is Cc1ccc(-c2cnc(CCC(=O)NCc3ccc(Cn4cncn4)cc3)o2)cc1. The van der Waals surface area contributed by atoms with Gasteiger partial charge in [-0.15, -0.1) is 0 Å². The van der Waals surface area contributed by atoms with Gasteiger partial charge in [-0.3, -0.25) is 4.79 Å². The normalized spacial score (nSPS) is 10.8. The van der Waals surface area contributed by atoms with Crippen molar-refractivity contribution in [3.63, 3.8) is 0 Å². The van der Waals surface area contributed by atoms with Gasteiger partial charge in [0.15, 0.2) is 11.7 Å². The highest BCUT2D eigenvalue weighted by Gasteiger charge is 2.09. The highest BCUT2D eigenvalue weighted by molar-refractivity contribution is 5.76. The fourth-order valence-corrected chi connectivity index (χ4v) is 3.05. The van der Waals surface area contributed by atoms with Gasteiger partial charge in [-0.2, -0.15) is 5.10 Å². The van der Waals surface area contributed by atoms with Crippen LogP contribution in [0.15, 0.2) is 71.8 Å². The van der Waals surface area contributed by atoms with Gasteiger partial charge in [0.05, 0.1) is 12.7 Å². The molecule has 0 aliphatic heterocycles. The van der Waals surface area contributed by atoms with Crippen molar-refractivity contribution < 1.29 is 9.21 Å². The zero-order valence-corrected chi connectivity index (χ0v) is 16.8. The quantitative estimate of drug-likeness (QED) is 0.488. The average Bonchev–Trinajstić information content (AvgIpc) is 3.44. The summed E-state index contributed by atoms with van der Waals surface area (Å²) in [6, 6.07) is 16.2. The summed E-state index contributed by atoms with van der Waals surface area (Å²) in [5, 5.41) is 7.04. The Morgan fingerprint density at radius 1 is 1.07 bits per heavy atom. The molecule has 0 aliphatic rings. The lowest BCUT2D eigenvalue weighted by atomic mass is 10.1. The summed E-state index contributed by atoms with van der Waals surface area (Å²) in [7, 11) is 0. The number of carbonyl (C=O) groups excluding carboxylic acids is 1. The minimum Gasteiger partial charge on any atom is -0.441 e. The van der Waals surface area contributed by atoms with Crippen LogP contribution in [-0.4, -0.2) is 25.7 Å². The van der Waals surface area contributed by atoms with Gasteiger partial charge in [0, 0.05) is 24.9 Å². The van der Waals surface area contributed by atoms with E-state index in [4.69, 9.17) is 4.42 Å². The van der Waals surface area contributed by atoms with Crippen LogP contribution in [0.25, 0.3) is 11.3 Å². The molecule has 0 fully saturated rings. The Morgan fingerprint density at radius 3 is 2.57 bits per heavy atom. The van der Waals surface area contributed by atoms with Gasteiger partial charge in [0.25, 0.3) is 0 Å². The van der Waals surface area contributed by atoms with Gasteiger partial charge in [-0.05, 0) is 18.1 Å². The summed E-state index contributed by atoms with van der Waals surface area (Å²) in [5.41, 5.74) is 4.35. The lowest BCUT2D eigenvalue weighted by molar-refractivity contribution is -0.121. The van der Waals surface area contributed by atoms with Crippen LogP contribution in [0.3, 0.4) is 0 Å². The maximum atomic E-state index is 12.2. The van der Waals surface area contributed by atoms with Crippen LogP contribution < -0.4 is 5.32 Å². The fourth-order valence-electron chi connectivity index (χ4n) is 3.05. The van der Waals surface area contributed by atoms with E-state index in [2.05, 4.69) is 20.4 Å². The van der Waals surface area contributed by atoms with Crippen molar-refractivity contribution in [1.29, 1.82) is 0 Å². The molecule has 7 nitrogen and oxygen atoms in total. The lowest BCUT2D eigenvalue weighted by Gasteiger charge is -2.06. The van der Waals surface area contributed by atoms with Gasteiger partial charge in [0.1, 0.15) is 12.7 Å². The average molecular weight is 401 g/mol. The summed E-state index contributed by atoms with van der Waals surface area (Å²) in [5.74, 6) is 1.26. The van der Waals surface area contributed by atoms with Crippen molar-refractivity contribution in [2.24, 2.45) is 0 Å². The smallest absolute Gasteiger partial charge is 0.220 e. The van der Waals surface area contributed by atoms with E-state index in [-0.39, 0.29) is 5.91 Å². The molecule has 7 heteroatoms. The summed E-state index contributed by atoms with van der Waals surface area (Å²) < 4.78 is 7.54. The van der Waals surface area contributed by atoms with Crippen molar-refractivity contribution in [3.8, 4) is 11.3 Å². The number of carbonyl (C=O) groups is 1. The van der Waals surface area contributed by atoms with E-state index < -0.39 is 0 Å². The molecule has 2 aromatic carbocycles. The van der Waals surface area contributed by atoms with Crippen LogP contribution in [0.1, 0.15) is 29.0 Å². The Hall–Kier alpha value is -3.74. The topological polar surface area (TPSA) is 85.8 Å².